The monoisotopic (exact) mass is 500 g/mol. The van der Waals surface area contributed by atoms with Crippen molar-refractivity contribution in [1.29, 1.82) is 0 Å². The van der Waals surface area contributed by atoms with Crippen LogP contribution >= 0.6 is 0 Å². The van der Waals surface area contributed by atoms with Gasteiger partial charge in [-0.3, -0.25) is 9.10 Å². The number of hydrogen-bond donors (Lipinski definition) is 1. The quantitative estimate of drug-likeness (QED) is 0.408. The Morgan fingerprint density at radius 2 is 1.67 bits per heavy atom. The number of sulfonamides is 1. The van der Waals surface area contributed by atoms with Gasteiger partial charge in [0.15, 0.2) is 11.5 Å². The standard InChI is InChI=1S/C28H24N2O5S/c1-36(32,33)30(22-12-14-25-26(15-22)35-17-34-25)16-18-5-7-21(8-6-18)28(31)29-24-13-11-20-10-9-19-3-2-4-23(24)27(19)20/h2-8,11-15H,9-10,16-17H2,1H3,(H,29,31). The zero-order valence-electron chi connectivity index (χ0n) is 19.7. The molecular formula is C28H24N2O5S. The van der Waals surface area contributed by atoms with Gasteiger partial charge in [0.25, 0.3) is 5.91 Å². The number of nitrogens with one attached hydrogen (secondary N) is 1. The fraction of sp³-hybridized carbons (Fsp3) is 0.179. The Balaban J connectivity index is 1.22. The summed E-state index contributed by atoms with van der Waals surface area (Å²) in [5.74, 6) is 0.884. The summed E-state index contributed by atoms with van der Waals surface area (Å²) < 4.78 is 37.2. The predicted octanol–water partition coefficient (Wildman–Crippen LogP) is 4.89. The number of carbonyl (C=O) groups excluding carboxylic acids is 1. The van der Waals surface area contributed by atoms with Gasteiger partial charge in [0.05, 0.1) is 18.5 Å². The van der Waals surface area contributed by atoms with Gasteiger partial charge in [0.2, 0.25) is 16.8 Å². The van der Waals surface area contributed by atoms with Gasteiger partial charge >= 0.3 is 0 Å². The average molecular weight is 501 g/mol. The summed E-state index contributed by atoms with van der Waals surface area (Å²) in [5, 5.41) is 5.35. The lowest BCUT2D eigenvalue weighted by atomic mass is 10.0. The summed E-state index contributed by atoms with van der Waals surface area (Å²) >= 11 is 0. The molecule has 1 aliphatic heterocycles. The van der Waals surface area contributed by atoms with Crippen molar-refractivity contribution in [2.24, 2.45) is 0 Å². The fourth-order valence-electron chi connectivity index (χ4n) is 4.92. The highest BCUT2D eigenvalue weighted by molar-refractivity contribution is 7.92. The Labute approximate surface area is 209 Å². The first-order valence-corrected chi connectivity index (χ1v) is 13.5. The number of fused-ring (bicyclic) bond motifs is 1. The van der Waals surface area contributed by atoms with Crippen LogP contribution in [-0.2, 0) is 29.4 Å². The maximum atomic E-state index is 13.0. The van der Waals surface area contributed by atoms with Gasteiger partial charge in [-0.25, -0.2) is 8.42 Å². The fourth-order valence-corrected chi connectivity index (χ4v) is 5.80. The Kier molecular flexibility index (Phi) is 5.34. The molecule has 8 heteroatoms. The van der Waals surface area contributed by atoms with Crippen LogP contribution in [0.3, 0.4) is 0 Å². The van der Waals surface area contributed by atoms with Gasteiger partial charge in [-0.15, -0.1) is 0 Å². The van der Waals surface area contributed by atoms with Crippen LogP contribution in [0.4, 0.5) is 11.4 Å². The minimum atomic E-state index is -3.57. The maximum absolute atomic E-state index is 13.0. The molecule has 182 valence electrons. The van der Waals surface area contributed by atoms with E-state index in [1.54, 1.807) is 42.5 Å². The smallest absolute Gasteiger partial charge is 0.255 e. The van der Waals surface area contributed by atoms with Crippen LogP contribution in [0.1, 0.15) is 27.0 Å². The molecule has 1 N–H and O–H groups in total. The highest BCUT2D eigenvalue weighted by Crippen LogP contribution is 2.37. The molecule has 0 spiro atoms. The van der Waals surface area contributed by atoms with E-state index in [9.17, 15) is 13.2 Å². The van der Waals surface area contributed by atoms with Crippen molar-refractivity contribution in [3.8, 4) is 11.5 Å². The summed E-state index contributed by atoms with van der Waals surface area (Å²) in [6, 6.07) is 22.3. The van der Waals surface area contributed by atoms with Gasteiger partial charge in [0, 0.05) is 22.7 Å². The van der Waals surface area contributed by atoms with E-state index in [2.05, 4.69) is 17.4 Å². The maximum Gasteiger partial charge on any atom is 0.255 e. The Morgan fingerprint density at radius 1 is 0.917 bits per heavy atom. The van der Waals surface area contributed by atoms with Crippen LogP contribution in [0.15, 0.2) is 72.8 Å². The second-order valence-electron chi connectivity index (χ2n) is 9.07. The number of amides is 1. The molecular weight excluding hydrogens is 476 g/mol. The molecule has 0 saturated carbocycles. The third kappa shape index (κ3) is 4.03. The van der Waals surface area contributed by atoms with Crippen LogP contribution in [0.25, 0.3) is 10.8 Å². The number of ether oxygens (including phenoxy) is 2. The van der Waals surface area contributed by atoms with E-state index >= 15 is 0 Å². The highest BCUT2D eigenvalue weighted by Gasteiger charge is 2.22. The molecule has 0 bridgehead atoms. The normalized spacial score (nSPS) is 13.7. The number of rotatable bonds is 6. The van der Waals surface area contributed by atoms with Gasteiger partial charge in [-0.2, -0.15) is 0 Å². The van der Waals surface area contributed by atoms with Crippen LogP contribution < -0.4 is 19.1 Å². The molecule has 7 nitrogen and oxygen atoms in total. The third-order valence-corrected chi connectivity index (χ3v) is 7.85. The Hall–Kier alpha value is -4.04. The van der Waals surface area contributed by atoms with Crippen LogP contribution in [-0.4, -0.2) is 27.4 Å². The second kappa shape index (κ2) is 8.57. The van der Waals surface area contributed by atoms with Gasteiger partial charge in [-0.05, 0) is 65.3 Å². The second-order valence-corrected chi connectivity index (χ2v) is 11.0. The molecule has 0 unspecified atom stereocenters. The van der Waals surface area contributed by atoms with E-state index in [0.717, 1.165) is 35.7 Å². The molecule has 2 aliphatic rings. The molecule has 1 heterocycles. The lowest BCUT2D eigenvalue weighted by molar-refractivity contribution is 0.102. The number of aryl methyl sites for hydroxylation is 2. The molecule has 4 aromatic rings. The van der Waals surface area contributed by atoms with Crippen LogP contribution in [0.5, 0.6) is 11.5 Å². The molecule has 0 aromatic heterocycles. The Morgan fingerprint density at radius 3 is 2.44 bits per heavy atom. The molecule has 0 fully saturated rings. The third-order valence-electron chi connectivity index (χ3n) is 6.71. The van der Waals surface area contributed by atoms with E-state index < -0.39 is 10.0 Å². The van der Waals surface area contributed by atoms with E-state index in [-0.39, 0.29) is 19.2 Å². The largest absolute Gasteiger partial charge is 0.454 e. The summed E-state index contributed by atoms with van der Waals surface area (Å²) in [5.41, 5.74) is 5.16. The van der Waals surface area contributed by atoms with Crippen molar-refractivity contribution in [2.45, 2.75) is 19.4 Å². The first kappa shape index (κ1) is 22.4. The lowest BCUT2D eigenvalue weighted by Gasteiger charge is -2.23. The molecule has 1 aliphatic carbocycles. The van der Waals surface area contributed by atoms with E-state index in [4.69, 9.17) is 9.47 Å². The first-order chi connectivity index (χ1) is 17.4. The van der Waals surface area contributed by atoms with Gasteiger partial charge < -0.3 is 14.8 Å². The lowest BCUT2D eigenvalue weighted by Crippen LogP contribution is -2.29. The van der Waals surface area contributed by atoms with Crippen molar-refractivity contribution in [3.05, 3.63) is 95.1 Å². The molecule has 6 rings (SSSR count). The molecule has 0 saturated heterocycles. The predicted molar refractivity (Wildman–Crippen MR) is 139 cm³/mol. The summed E-state index contributed by atoms with van der Waals surface area (Å²) in [7, 11) is -3.57. The van der Waals surface area contributed by atoms with E-state index in [0.29, 0.717) is 22.7 Å². The summed E-state index contributed by atoms with van der Waals surface area (Å²) in [6.07, 6.45) is 3.22. The number of nitrogens with zero attached hydrogens (tertiary/aromatic N) is 1. The molecule has 0 radical (unpaired) electrons. The number of anilines is 2. The van der Waals surface area contributed by atoms with Crippen molar-refractivity contribution in [3.63, 3.8) is 0 Å². The highest BCUT2D eigenvalue weighted by atomic mass is 32.2. The van der Waals surface area contributed by atoms with Crippen molar-refractivity contribution in [1.82, 2.24) is 0 Å². The van der Waals surface area contributed by atoms with Crippen molar-refractivity contribution >= 4 is 38.1 Å². The first-order valence-electron chi connectivity index (χ1n) is 11.7. The Bertz CT molecular complexity index is 1600. The SMILES string of the molecule is CS(=O)(=O)N(Cc1ccc(C(=O)Nc2ccc3c4c(cccc24)CC3)cc1)c1ccc2c(c1)OCO2. The zero-order valence-corrected chi connectivity index (χ0v) is 20.5. The topological polar surface area (TPSA) is 84.9 Å². The van der Waals surface area contributed by atoms with E-state index in [1.807, 2.05) is 18.2 Å². The summed E-state index contributed by atoms with van der Waals surface area (Å²) in [4.78, 5) is 13.0. The minimum Gasteiger partial charge on any atom is -0.454 e. The average Bonchev–Trinajstić information content (AvgIpc) is 3.51. The van der Waals surface area contributed by atoms with Crippen LogP contribution in [0, 0.1) is 0 Å². The zero-order chi connectivity index (χ0) is 24.9. The number of hydrogen-bond acceptors (Lipinski definition) is 5. The summed E-state index contributed by atoms with van der Waals surface area (Å²) in [6.45, 7) is 0.234. The number of carbonyl (C=O) groups is 1. The van der Waals surface area contributed by atoms with Crippen molar-refractivity contribution in [2.75, 3.05) is 22.7 Å². The molecule has 1 amide bonds. The van der Waals surface area contributed by atoms with Crippen LogP contribution in [0.2, 0.25) is 0 Å². The van der Waals surface area contributed by atoms with E-state index in [1.165, 1.54) is 20.8 Å². The van der Waals surface area contributed by atoms with Crippen molar-refractivity contribution < 1.29 is 22.7 Å². The molecule has 4 aromatic carbocycles. The molecule has 36 heavy (non-hydrogen) atoms. The molecule has 0 atom stereocenters. The number of benzene rings is 4. The van der Waals surface area contributed by atoms with Gasteiger partial charge in [-0.1, -0.05) is 36.4 Å². The van der Waals surface area contributed by atoms with Gasteiger partial charge in [0.1, 0.15) is 0 Å². The minimum absolute atomic E-state index is 0.113.